The Morgan fingerprint density at radius 2 is 2.26 bits per heavy atom. The van der Waals surface area contributed by atoms with Crippen molar-refractivity contribution in [2.45, 2.75) is 13.5 Å². The first-order valence-electron chi connectivity index (χ1n) is 7.00. The Morgan fingerprint density at radius 3 is 2.96 bits per heavy atom. The number of nitrogens with two attached hydrogens (primary N) is 1. The van der Waals surface area contributed by atoms with Crippen LogP contribution in [0.5, 0.6) is 0 Å². The predicted octanol–water partition coefficient (Wildman–Crippen LogP) is 2.11. The lowest BCUT2D eigenvalue weighted by molar-refractivity contribution is -0.117. The number of aryl methyl sites for hydroxylation is 1. The van der Waals surface area contributed by atoms with Gasteiger partial charge in [-0.2, -0.15) is 5.26 Å². The Balaban J connectivity index is 2.02. The van der Waals surface area contributed by atoms with Gasteiger partial charge in [0.2, 0.25) is 0 Å². The second-order valence-electron chi connectivity index (χ2n) is 4.95. The molecule has 4 N–H and O–H groups in total. The monoisotopic (exact) mass is 307 g/mol. The molecule has 1 aromatic carbocycles. The second kappa shape index (κ2) is 7.61. The number of amides is 1. The molecule has 0 saturated carbocycles. The van der Waals surface area contributed by atoms with Gasteiger partial charge in [-0.3, -0.25) is 9.78 Å². The number of nitrogens with one attached hydrogen (secondary N) is 2. The highest BCUT2D eigenvalue weighted by Gasteiger charge is 2.09. The molecule has 0 spiro atoms. The fourth-order valence-corrected chi connectivity index (χ4v) is 1.87. The highest BCUT2D eigenvalue weighted by atomic mass is 16.1. The largest absolute Gasteiger partial charge is 0.397 e. The molecule has 6 nitrogen and oxygen atoms in total. The van der Waals surface area contributed by atoms with Crippen molar-refractivity contribution in [1.29, 1.82) is 5.26 Å². The lowest BCUT2D eigenvalue weighted by Gasteiger charge is -2.08. The second-order valence-corrected chi connectivity index (χ2v) is 4.95. The molecule has 0 fully saturated rings. The van der Waals surface area contributed by atoms with Crippen molar-refractivity contribution in [3.8, 4) is 6.07 Å². The van der Waals surface area contributed by atoms with Crippen molar-refractivity contribution < 1.29 is 4.79 Å². The Bertz CT molecular complexity index is 762. The summed E-state index contributed by atoms with van der Waals surface area (Å²) in [5, 5.41) is 14.7. The summed E-state index contributed by atoms with van der Waals surface area (Å²) in [7, 11) is 0. The molecular formula is C17H17N5O. The highest BCUT2D eigenvalue weighted by Crippen LogP contribution is 2.19. The molecule has 23 heavy (non-hydrogen) atoms. The van der Waals surface area contributed by atoms with Crippen LogP contribution in [0.4, 0.5) is 11.4 Å². The smallest absolute Gasteiger partial charge is 0.263 e. The van der Waals surface area contributed by atoms with Gasteiger partial charge >= 0.3 is 0 Å². The van der Waals surface area contributed by atoms with E-state index in [1.807, 2.05) is 31.2 Å². The molecule has 0 saturated heterocycles. The normalized spacial score (nSPS) is 10.7. The molecule has 0 atom stereocenters. The van der Waals surface area contributed by atoms with E-state index in [9.17, 15) is 4.79 Å². The number of nitrogens with zero attached hydrogens (tertiary/aromatic N) is 2. The molecular weight excluding hydrogens is 290 g/mol. The molecule has 0 aliphatic heterocycles. The average molecular weight is 307 g/mol. The zero-order valence-corrected chi connectivity index (χ0v) is 12.7. The number of hydrogen-bond acceptors (Lipinski definition) is 5. The summed E-state index contributed by atoms with van der Waals surface area (Å²) in [6.45, 7) is 2.23. The van der Waals surface area contributed by atoms with Gasteiger partial charge in [-0.1, -0.05) is 12.1 Å². The SMILES string of the molecule is Cc1ccc(N)c(N/C=C(/C#N)C(=O)NCc2cccnc2)c1. The van der Waals surface area contributed by atoms with Gasteiger partial charge < -0.3 is 16.4 Å². The maximum absolute atomic E-state index is 12.0. The van der Waals surface area contributed by atoms with Crippen LogP contribution in [0.15, 0.2) is 54.5 Å². The van der Waals surface area contributed by atoms with Crippen LogP contribution in [0.2, 0.25) is 0 Å². The van der Waals surface area contributed by atoms with Crippen molar-refractivity contribution in [2.24, 2.45) is 0 Å². The van der Waals surface area contributed by atoms with E-state index in [4.69, 9.17) is 11.0 Å². The number of benzene rings is 1. The zero-order valence-electron chi connectivity index (χ0n) is 12.7. The van der Waals surface area contributed by atoms with Gasteiger partial charge in [0.05, 0.1) is 11.4 Å². The number of rotatable bonds is 5. The van der Waals surface area contributed by atoms with E-state index >= 15 is 0 Å². The van der Waals surface area contributed by atoms with E-state index in [0.717, 1.165) is 11.1 Å². The van der Waals surface area contributed by atoms with Gasteiger partial charge in [-0.15, -0.1) is 0 Å². The Kier molecular flexibility index (Phi) is 5.31. The van der Waals surface area contributed by atoms with Crippen LogP contribution < -0.4 is 16.4 Å². The Hall–Kier alpha value is -3.33. The summed E-state index contributed by atoms with van der Waals surface area (Å²) in [6, 6.07) is 11.0. The van der Waals surface area contributed by atoms with Crippen molar-refractivity contribution in [1.82, 2.24) is 10.3 Å². The molecule has 2 aromatic rings. The van der Waals surface area contributed by atoms with Gasteiger partial charge in [0, 0.05) is 25.1 Å². The van der Waals surface area contributed by atoms with Gasteiger partial charge in [0.15, 0.2) is 0 Å². The maximum Gasteiger partial charge on any atom is 0.263 e. The van der Waals surface area contributed by atoms with E-state index < -0.39 is 5.91 Å². The predicted molar refractivity (Wildman–Crippen MR) is 89.0 cm³/mol. The van der Waals surface area contributed by atoms with Gasteiger partial charge in [-0.05, 0) is 36.2 Å². The Labute approximate surface area is 134 Å². The number of hydrogen-bond donors (Lipinski definition) is 3. The molecule has 1 heterocycles. The van der Waals surface area contributed by atoms with E-state index in [1.54, 1.807) is 24.5 Å². The van der Waals surface area contributed by atoms with Crippen LogP contribution in [-0.4, -0.2) is 10.9 Å². The zero-order chi connectivity index (χ0) is 16.7. The first kappa shape index (κ1) is 16.0. The average Bonchev–Trinajstić information content (AvgIpc) is 2.57. The van der Waals surface area contributed by atoms with Crippen LogP contribution >= 0.6 is 0 Å². The van der Waals surface area contributed by atoms with Crippen LogP contribution in [0, 0.1) is 18.3 Å². The van der Waals surface area contributed by atoms with E-state index in [2.05, 4.69) is 15.6 Å². The first-order chi connectivity index (χ1) is 11.1. The van der Waals surface area contributed by atoms with Crippen molar-refractivity contribution >= 4 is 17.3 Å². The molecule has 0 radical (unpaired) electrons. The molecule has 0 bridgehead atoms. The molecule has 1 aromatic heterocycles. The summed E-state index contributed by atoms with van der Waals surface area (Å²) in [6.07, 6.45) is 4.66. The molecule has 1 amide bonds. The van der Waals surface area contributed by atoms with E-state index in [0.29, 0.717) is 17.9 Å². The number of carbonyl (C=O) groups is 1. The number of carbonyl (C=O) groups excluding carboxylic acids is 1. The number of aromatic nitrogens is 1. The third-order valence-electron chi connectivity index (χ3n) is 3.12. The maximum atomic E-state index is 12.0. The summed E-state index contributed by atoms with van der Waals surface area (Å²) in [5.41, 5.74) is 8.88. The number of nitriles is 1. The first-order valence-corrected chi connectivity index (χ1v) is 7.00. The fourth-order valence-electron chi connectivity index (χ4n) is 1.87. The number of nitrogen functional groups attached to an aromatic ring is 1. The van der Waals surface area contributed by atoms with Crippen LogP contribution in [0.25, 0.3) is 0 Å². The minimum absolute atomic E-state index is 0.0326. The number of pyridine rings is 1. The highest BCUT2D eigenvalue weighted by molar-refractivity contribution is 5.97. The summed E-state index contributed by atoms with van der Waals surface area (Å²) in [4.78, 5) is 16.0. The number of anilines is 2. The quantitative estimate of drug-likeness (QED) is 0.446. The molecule has 0 aliphatic rings. The van der Waals surface area contributed by atoms with Crippen molar-refractivity contribution in [3.05, 3.63) is 65.6 Å². The van der Waals surface area contributed by atoms with Crippen molar-refractivity contribution in [3.63, 3.8) is 0 Å². The van der Waals surface area contributed by atoms with Crippen molar-refractivity contribution in [2.75, 3.05) is 11.1 Å². The molecule has 0 unspecified atom stereocenters. The van der Waals surface area contributed by atoms with E-state index in [1.165, 1.54) is 6.20 Å². The molecule has 2 rings (SSSR count). The van der Waals surface area contributed by atoms with Crippen LogP contribution in [-0.2, 0) is 11.3 Å². The third kappa shape index (κ3) is 4.58. The fraction of sp³-hybridized carbons (Fsp3) is 0.118. The van der Waals surface area contributed by atoms with Gasteiger partial charge in [-0.25, -0.2) is 0 Å². The summed E-state index contributed by atoms with van der Waals surface area (Å²) in [5.74, 6) is -0.463. The van der Waals surface area contributed by atoms with Crippen LogP contribution in [0.1, 0.15) is 11.1 Å². The van der Waals surface area contributed by atoms with Crippen LogP contribution in [0.3, 0.4) is 0 Å². The molecule has 6 heteroatoms. The van der Waals surface area contributed by atoms with Gasteiger partial charge in [0.25, 0.3) is 5.91 Å². The Morgan fingerprint density at radius 1 is 1.43 bits per heavy atom. The van der Waals surface area contributed by atoms with E-state index in [-0.39, 0.29) is 5.57 Å². The van der Waals surface area contributed by atoms with Gasteiger partial charge in [0.1, 0.15) is 11.6 Å². The lowest BCUT2D eigenvalue weighted by Crippen LogP contribution is -2.24. The molecule has 116 valence electrons. The summed E-state index contributed by atoms with van der Waals surface area (Å²) < 4.78 is 0. The summed E-state index contributed by atoms with van der Waals surface area (Å²) >= 11 is 0. The lowest BCUT2D eigenvalue weighted by atomic mass is 10.2. The minimum atomic E-state index is -0.463. The third-order valence-corrected chi connectivity index (χ3v) is 3.12. The topological polar surface area (TPSA) is 104 Å². The minimum Gasteiger partial charge on any atom is -0.397 e. The molecule has 0 aliphatic carbocycles. The standard InChI is InChI=1S/C17H17N5O/c1-12-4-5-15(19)16(7-12)21-11-14(8-18)17(23)22-10-13-3-2-6-20-9-13/h2-7,9,11,21H,10,19H2,1H3,(H,22,23)/b14-11-.